The van der Waals surface area contributed by atoms with E-state index in [1.54, 1.807) is 0 Å². The maximum absolute atomic E-state index is 8.43. The molecule has 0 aliphatic rings. The van der Waals surface area contributed by atoms with Crippen LogP contribution in [0.25, 0.3) is 0 Å². The van der Waals surface area contributed by atoms with E-state index < -0.39 is 0 Å². The molecule has 0 bridgehead atoms. The predicted molar refractivity (Wildman–Crippen MR) is 30.7 cm³/mol. The van der Waals surface area contributed by atoms with E-state index in [1.165, 1.54) is 0 Å². The van der Waals surface area contributed by atoms with E-state index in [1.807, 2.05) is 12.4 Å². The van der Waals surface area contributed by atoms with E-state index in [0.717, 1.165) is 12.8 Å². The topological polar surface area (TPSA) is 52.5 Å². The summed E-state index contributed by atoms with van der Waals surface area (Å²) in [7, 11) is 0. The Morgan fingerprint density at radius 2 is 2.25 bits per heavy atom. The Labute approximate surface area is 49.3 Å². The number of aliphatic hydroxyl groups is 1. The molecule has 0 saturated heterocycles. The minimum Gasteiger partial charge on any atom is -0.395 e. The van der Waals surface area contributed by atoms with Gasteiger partial charge in [-0.05, 0) is 6.42 Å². The number of nitrogens with one attached hydrogen (secondary N) is 1. The second kappa shape index (κ2) is 5.03. The van der Waals surface area contributed by atoms with Crippen molar-refractivity contribution in [1.82, 2.24) is 5.48 Å². The van der Waals surface area contributed by atoms with Gasteiger partial charge < -0.3 is 10.3 Å². The molecular formula is C5H13NO2. The average molecular weight is 119 g/mol. The molecule has 0 rings (SSSR count). The number of aliphatic hydroxyl groups excluding tert-OH is 1. The Morgan fingerprint density at radius 1 is 1.62 bits per heavy atom. The predicted octanol–water partition coefficient (Wildman–Crippen LogP) is 0.126. The van der Waals surface area contributed by atoms with Gasteiger partial charge in [-0.1, -0.05) is 13.3 Å². The molecule has 1 unspecified atom stereocenters. The number of hydrogen-bond donors (Lipinski definition) is 3. The zero-order valence-corrected chi connectivity index (χ0v) is 5.09. The van der Waals surface area contributed by atoms with Gasteiger partial charge in [0, 0.05) is 0 Å². The third-order valence-electron chi connectivity index (χ3n) is 1.04. The van der Waals surface area contributed by atoms with Gasteiger partial charge in [-0.3, -0.25) is 0 Å². The fourth-order valence-electron chi connectivity index (χ4n) is 0.545. The molecule has 0 heterocycles. The summed E-state index contributed by atoms with van der Waals surface area (Å²) in [5, 5.41) is 16.7. The molecule has 0 aromatic heterocycles. The van der Waals surface area contributed by atoms with E-state index in [0.29, 0.717) is 0 Å². The van der Waals surface area contributed by atoms with Gasteiger partial charge in [-0.2, -0.15) is 0 Å². The van der Waals surface area contributed by atoms with Crippen LogP contribution in [-0.4, -0.2) is 23.0 Å². The lowest BCUT2D eigenvalue weighted by Gasteiger charge is -2.08. The summed E-state index contributed by atoms with van der Waals surface area (Å²) < 4.78 is 0. The summed E-state index contributed by atoms with van der Waals surface area (Å²) in [5.41, 5.74) is 2.00. The lowest BCUT2D eigenvalue weighted by molar-refractivity contribution is 0.0860. The van der Waals surface area contributed by atoms with Crippen LogP contribution < -0.4 is 5.48 Å². The monoisotopic (exact) mass is 119 g/mol. The molecule has 3 N–H and O–H groups in total. The van der Waals surface area contributed by atoms with Gasteiger partial charge in [0.15, 0.2) is 0 Å². The molecule has 0 amide bonds. The fourth-order valence-corrected chi connectivity index (χ4v) is 0.545. The highest BCUT2D eigenvalue weighted by molar-refractivity contribution is 4.56. The maximum atomic E-state index is 8.43. The Bertz CT molecular complexity index is 45.7. The summed E-state index contributed by atoms with van der Waals surface area (Å²) >= 11 is 0. The number of rotatable bonds is 4. The highest BCUT2D eigenvalue weighted by Gasteiger charge is 2.00. The van der Waals surface area contributed by atoms with Crippen LogP contribution in [0.3, 0.4) is 0 Å². The summed E-state index contributed by atoms with van der Waals surface area (Å²) in [5.74, 6) is 0. The first kappa shape index (κ1) is 7.88. The van der Waals surface area contributed by atoms with Crippen molar-refractivity contribution in [1.29, 1.82) is 0 Å². The second-order valence-electron chi connectivity index (χ2n) is 1.80. The molecule has 0 aromatic carbocycles. The van der Waals surface area contributed by atoms with Gasteiger partial charge in [0.1, 0.15) is 0 Å². The summed E-state index contributed by atoms with van der Waals surface area (Å²) in [6.45, 7) is 2.00. The first-order valence-corrected chi connectivity index (χ1v) is 2.85. The van der Waals surface area contributed by atoms with E-state index in [2.05, 4.69) is 0 Å². The van der Waals surface area contributed by atoms with Gasteiger partial charge in [0.25, 0.3) is 0 Å². The van der Waals surface area contributed by atoms with Gasteiger partial charge in [-0.25, -0.2) is 5.48 Å². The van der Waals surface area contributed by atoms with Crippen LogP contribution in [0.5, 0.6) is 0 Å². The molecule has 3 nitrogen and oxygen atoms in total. The third kappa shape index (κ3) is 2.96. The van der Waals surface area contributed by atoms with Crippen LogP contribution in [-0.2, 0) is 0 Å². The number of hydrogen-bond acceptors (Lipinski definition) is 3. The van der Waals surface area contributed by atoms with Gasteiger partial charge in [-0.15, -0.1) is 0 Å². The zero-order valence-electron chi connectivity index (χ0n) is 5.09. The molecule has 0 spiro atoms. The molecule has 50 valence electrons. The minimum atomic E-state index is -0.139. The largest absolute Gasteiger partial charge is 0.395 e. The van der Waals surface area contributed by atoms with E-state index in [9.17, 15) is 0 Å². The van der Waals surface area contributed by atoms with Crippen molar-refractivity contribution in [3.05, 3.63) is 0 Å². The van der Waals surface area contributed by atoms with Crippen molar-refractivity contribution < 1.29 is 10.3 Å². The first-order chi connectivity index (χ1) is 3.85. The molecule has 0 fully saturated rings. The molecule has 0 radical (unpaired) electrons. The fraction of sp³-hybridized carbons (Fsp3) is 1.00. The molecule has 0 aromatic rings. The number of hydroxylamine groups is 1. The van der Waals surface area contributed by atoms with Crippen LogP contribution in [0.15, 0.2) is 0 Å². The Hall–Kier alpha value is -0.120. The van der Waals surface area contributed by atoms with Gasteiger partial charge in [0.2, 0.25) is 0 Å². The van der Waals surface area contributed by atoms with Crippen LogP contribution in [0.1, 0.15) is 19.8 Å². The molecule has 0 aliphatic carbocycles. The molecule has 0 saturated carbocycles. The van der Waals surface area contributed by atoms with Crippen molar-refractivity contribution >= 4 is 0 Å². The third-order valence-corrected chi connectivity index (χ3v) is 1.04. The van der Waals surface area contributed by atoms with Crippen molar-refractivity contribution in [3.8, 4) is 0 Å². The highest BCUT2D eigenvalue weighted by Crippen LogP contribution is 1.92. The van der Waals surface area contributed by atoms with Crippen LogP contribution in [0, 0.1) is 0 Å². The molecule has 3 heteroatoms. The summed E-state index contributed by atoms with van der Waals surface area (Å²) in [6.07, 6.45) is 1.78. The van der Waals surface area contributed by atoms with Crippen molar-refractivity contribution in [2.75, 3.05) is 6.61 Å². The quantitative estimate of drug-likeness (QED) is 0.461. The SMILES string of the molecule is CCCC(CO)NO. The van der Waals surface area contributed by atoms with E-state index >= 15 is 0 Å². The Balaban J connectivity index is 3.07. The van der Waals surface area contributed by atoms with Crippen molar-refractivity contribution in [2.24, 2.45) is 0 Å². The maximum Gasteiger partial charge on any atom is 0.0607 e. The lowest BCUT2D eigenvalue weighted by Crippen LogP contribution is -2.28. The molecule has 8 heavy (non-hydrogen) atoms. The summed E-state index contributed by atoms with van der Waals surface area (Å²) in [4.78, 5) is 0. The molecular weight excluding hydrogens is 106 g/mol. The Kier molecular flexibility index (Phi) is 4.95. The molecule has 1 atom stereocenters. The average Bonchev–Trinajstić information content (AvgIpc) is 1.83. The second-order valence-corrected chi connectivity index (χ2v) is 1.80. The van der Waals surface area contributed by atoms with Crippen LogP contribution >= 0.6 is 0 Å². The van der Waals surface area contributed by atoms with Crippen molar-refractivity contribution in [3.63, 3.8) is 0 Å². The lowest BCUT2D eigenvalue weighted by atomic mass is 10.2. The van der Waals surface area contributed by atoms with Crippen LogP contribution in [0.2, 0.25) is 0 Å². The van der Waals surface area contributed by atoms with Crippen molar-refractivity contribution in [2.45, 2.75) is 25.8 Å². The van der Waals surface area contributed by atoms with Gasteiger partial charge in [0.05, 0.1) is 12.6 Å². The smallest absolute Gasteiger partial charge is 0.0607 e. The normalized spacial score (nSPS) is 13.9. The summed E-state index contributed by atoms with van der Waals surface area (Å²) in [6, 6.07) is -0.139. The molecule has 0 aliphatic heterocycles. The van der Waals surface area contributed by atoms with E-state index in [-0.39, 0.29) is 12.6 Å². The Morgan fingerprint density at radius 3 is 2.38 bits per heavy atom. The standard InChI is InChI=1S/C5H13NO2/c1-2-3-5(4-7)6-8/h5-8H,2-4H2,1H3. The van der Waals surface area contributed by atoms with Crippen LogP contribution in [0.4, 0.5) is 0 Å². The zero-order chi connectivity index (χ0) is 6.41. The first-order valence-electron chi connectivity index (χ1n) is 2.85. The minimum absolute atomic E-state index is 0.00431. The van der Waals surface area contributed by atoms with Gasteiger partial charge >= 0.3 is 0 Å². The highest BCUT2D eigenvalue weighted by atomic mass is 16.5. The van der Waals surface area contributed by atoms with E-state index in [4.69, 9.17) is 10.3 Å².